The van der Waals surface area contributed by atoms with Gasteiger partial charge in [-0.1, -0.05) is 28.6 Å². The number of hydrogen-bond acceptors (Lipinski definition) is 3. The summed E-state index contributed by atoms with van der Waals surface area (Å²) in [7, 11) is 0. The van der Waals surface area contributed by atoms with Gasteiger partial charge in [-0.3, -0.25) is 4.79 Å². The number of carbonyl (C=O) groups is 1. The summed E-state index contributed by atoms with van der Waals surface area (Å²) in [6.45, 7) is 6.37. The first-order valence-corrected chi connectivity index (χ1v) is 7.99. The third kappa shape index (κ3) is 6.16. The Morgan fingerprint density at radius 3 is 2.61 bits per heavy atom. The van der Waals surface area contributed by atoms with E-state index in [0.29, 0.717) is 6.61 Å². The first-order valence-electron chi connectivity index (χ1n) is 7.19. The summed E-state index contributed by atoms with van der Waals surface area (Å²) in [4.78, 5) is 11.9. The number of anilines is 2. The van der Waals surface area contributed by atoms with Crippen LogP contribution in [0.4, 0.5) is 11.4 Å². The molecule has 0 saturated carbocycles. The molecule has 0 radical (unpaired) electrons. The Morgan fingerprint density at radius 1 is 1.17 bits per heavy atom. The first kappa shape index (κ1) is 17.1. The standard InChI is InChI=1S/C18H19BrN2O2/c1-13(2)12-23-17-5-3-4-16(10-17)20-11-18(22)21-15-8-6-14(19)7-9-15/h3-10,20H,1,11-12H2,2H3,(H,21,22). The fourth-order valence-corrected chi connectivity index (χ4v) is 2.09. The van der Waals surface area contributed by atoms with Crippen molar-refractivity contribution in [2.75, 3.05) is 23.8 Å². The molecular formula is C18H19BrN2O2. The lowest BCUT2D eigenvalue weighted by atomic mass is 10.3. The lowest BCUT2D eigenvalue weighted by molar-refractivity contribution is -0.114. The molecule has 0 aliphatic heterocycles. The SMILES string of the molecule is C=C(C)COc1cccc(NCC(=O)Nc2ccc(Br)cc2)c1. The Balaban J connectivity index is 1.85. The second-order valence-electron chi connectivity index (χ2n) is 5.18. The number of amides is 1. The molecule has 23 heavy (non-hydrogen) atoms. The molecule has 120 valence electrons. The van der Waals surface area contributed by atoms with Gasteiger partial charge in [-0.05, 0) is 48.9 Å². The van der Waals surface area contributed by atoms with Gasteiger partial charge in [-0.25, -0.2) is 0 Å². The maximum atomic E-state index is 11.9. The number of benzene rings is 2. The van der Waals surface area contributed by atoms with Crippen LogP contribution in [0.15, 0.2) is 65.2 Å². The Morgan fingerprint density at radius 2 is 1.91 bits per heavy atom. The van der Waals surface area contributed by atoms with Crippen molar-refractivity contribution in [3.63, 3.8) is 0 Å². The van der Waals surface area contributed by atoms with Gasteiger partial charge in [-0.15, -0.1) is 0 Å². The number of ether oxygens (including phenoxy) is 1. The van der Waals surface area contributed by atoms with Gasteiger partial charge in [0.25, 0.3) is 0 Å². The quantitative estimate of drug-likeness (QED) is 0.703. The van der Waals surface area contributed by atoms with E-state index >= 15 is 0 Å². The maximum absolute atomic E-state index is 11.9. The highest BCUT2D eigenvalue weighted by Crippen LogP contribution is 2.18. The first-order chi connectivity index (χ1) is 11.0. The molecule has 4 nitrogen and oxygen atoms in total. The van der Waals surface area contributed by atoms with Crippen molar-refractivity contribution in [2.24, 2.45) is 0 Å². The molecular weight excluding hydrogens is 356 g/mol. The van der Waals surface area contributed by atoms with E-state index in [2.05, 4.69) is 33.1 Å². The Labute approximate surface area is 144 Å². The normalized spacial score (nSPS) is 10.0. The molecule has 0 aromatic heterocycles. The van der Waals surface area contributed by atoms with Crippen LogP contribution in [0, 0.1) is 0 Å². The van der Waals surface area contributed by atoms with Crippen molar-refractivity contribution >= 4 is 33.2 Å². The van der Waals surface area contributed by atoms with E-state index in [1.54, 1.807) is 0 Å². The zero-order valence-electron chi connectivity index (χ0n) is 12.9. The smallest absolute Gasteiger partial charge is 0.243 e. The number of halogens is 1. The Bertz CT molecular complexity index is 684. The molecule has 0 aliphatic carbocycles. The molecule has 0 saturated heterocycles. The third-order valence-electron chi connectivity index (χ3n) is 2.90. The monoisotopic (exact) mass is 374 g/mol. The minimum absolute atomic E-state index is 0.111. The molecule has 2 N–H and O–H groups in total. The number of nitrogens with one attached hydrogen (secondary N) is 2. The fourth-order valence-electron chi connectivity index (χ4n) is 1.82. The van der Waals surface area contributed by atoms with Gasteiger partial charge in [0.2, 0.25) is 5.91 Å². The van der Waals surface area contributed by atoms with Crippen LogP contribution in [-0.2, 0) is 4.79 Å². The predicted octanol–water partition coefficient (Wildman–Crippen LogP) is 4.45. The number of carbonyl (C=O) groups excluding carboxylic acids is 1. The van der Waals surface area contributed by atoms with E-state index < -0.39 is 0 Å². The molecule has 0 atom stereocenters. The lowest BCUT2D eigenvalue weighted by Crippen LogP contribution is -2.21. The van der Waals surface area contributed by atoms with E-state index in [0.717, 1.165) is 27.2 Å². The van der Waals surface area contributed by atoms with Crippen LogP contribution in [0.5, 0.6) is 5.75 Å². The summed E-state index contributed by atoms with van der Waals surface area (Å²) in [5.74, 6) is 0.631. The summed E-state index contributed by atoms with van der Waals surface area (Å²) in [5.41, 5.74) is 2.55. The zero-order chi connectivity index (χ0) is 16.7. The van der Waals surface area contributed by atoms with Crippen LogP contribution in [0.2, 0.25) is 0 Å². The van der Waals surface area contributed by atoms with Crippen molar-refractivity contribution in [1.29, 1.82) is 0 Å². The van der Waals surface area contributed by atoms with Gasteiger partial charge < -0.3 is 15.4 Å². The topological polar surface area (TPSA) is 50.4 Å². The molecule has 0 aliphatic rings. The maximum Gasteiger partial charge on any atom is 0.243 e. The highest BCUT2D eigenvalue weighted by molar-refractivity contribution is 9.10. The summed E-state index contributed by atoms with van der Waals surface area (Å²) in [6, 6.07) is 14.9. The van der Waals surface area contributed by atoms with E-state index in [4.69, 9.17) is 4.74 Å². The van der Waals surface area contributed by atoms with E-state index in [9.17, 15) is 4.79 Å². The van der Waals surface area contributed by atoms with Gasteiger partial charge >= 0.3 is 0 Å². The summed E-state index contributed by atoms with van der Waals surface area (Å²) < 4.78 is 6.55. The molecule has 5 heteroatoms. The molecule has 0 fully saturated rings. The van der Waals surface area contributed by atoms with Crippen LogP contribution in [0.1, 0.15) is 6.92 Å². The highest BCUT2D eigenvalue weighted by Gasteiger charge is 2.03. The second-order valence-corrected chi connectivity index (χ2v) is 6.10. The average molecular weight is 375 g/mol. The van der Waals surface area contributed by atoms with E-state index in [1.165, 1.54) is 0 Å². The molecule has 2 aromatic rings. The summed E-state index contributed by atoms with van der Waals surface area (Å²) in [6.07, 6.45) is 0. The largest absolute Gasteiger partial charge is 0.489 e. The highest BCUT2D eigenvalue weighted by atomic mass is 79.9. The minimum atomic E-state index is -0.111. The molecule has 2 rings (SSSR count). The van der Waals surface area contributed by atoms with E-state index in [1.807, 2.05) is 55.5 Å². The Kier molecular flexibility index (Phi) is 6.23. The van der Waals surface area contributed by atoms with Gasteiger partial charge in [-0.2, -0.15) is 0 Å². The van der Waals surface area contributed by atoms with Crippen molar-refractivity contribution in [3.8, 4) is 5.75 Å². The van der Waals surface area contributed by atoms with Gasteiger partial charge in [0, 0.05) is 21.9 Å². The fraction of sp³-hybridized carbons (Fsp3) is 0.167. The minimum Gasteiger partial charge on any atom is -0.489 e. The molecule has 0 spiro atoms. The van der Waals surface area contributed by atoms with Crippen molar-refractivity contribution in [1.82, 2.24) is 0 Å². The summed E-state index contributed by atoms with van der Waals surface area (Å²) >= 11 is 3.36. The van der Waals surface area contributed by atoms with Gasteiger partial charge in [0.05, 0.1) is 6.54 Å². The number of hydrogen-bond donors (Lipinski definition) is 2. The molecule has 1 amide bonds. The van der Waals surface area contributed by atoms with Crippen LogP contribution in [0.3, 0.4) is 0 Å². The van der Waals surface area contributed by atoms with Gasteiger partial charge in [0.1, 0.15) is 12.4 Å². The van der Waals surface area contributed by atoms with Crippen LogP contribution < -0.4 is 15.4 Å². The molecule has 0 heterocycles. The van der Waals surface area contributed by atoms with Crippen molar-refractivity contribution < 1.29 is 9.53 Å². The number of rotatable bonds is 7. The van der Waals surface area contributed by atoms with Crippen LogP contribution in [0.25, 0.3) is 0 Å². The van der Waals surface area contributed by atoms with Crippen molar-refractivity contribution in [3.05, 3.63) is 65.2 Å². The van der Waals surface area contributed by atoms with E-state index in [-0.39, 0.29) is 12.5 Å². The lowest BCUT2D eigenvalue weighted by Gasteiger charge is -2.10. The predicted molar refractivity (Wildman–Crippen MR) is 98.0 cm³/mol. The third-order valence-corrected chi connectivity index (χ3v) is 3.43. The van der Waals surface area contributed by atoms with Crippen LogP contribution in [-0.4, -0.2) is 19.1 Å². The van der Waals surface area contributed by atoms with Crippen molar-refractivity contribution in [2.45, 2.75) is 6.92 Å². The molecule has 2 aromatic carbocycles. The van der Waals surface area contributed by atoms with Crippen LogP contribution >= 0.6 is 15.9 Å². The van der Waals surface area contributed by atoms with Gasteiger partial charge in [0.15, 0.2) is 0 Å². The second kappa shape index (κ2) is 8.39. The Hall–Kier alpha value is -2.27. The molecule has 0 unspecified atom stereocenters. The average Bonchev–Trinajstić information content (AvgIpc) is 2.54. The summed E-state index contributed by atoms with van der Waals surface area (Å²) in [5, 5.41) is 5.91. The zero-order valence-corrected chi connectivity index (χ0v) is 14.5. The molecule has 0 bridgehead atoms.